The minimum atomic E-state index is -0.557. The van der Waals surface area contributed by atoms with Crippen LogP contribution in [0.3, 0.4) is 0 Å². The van der Waals surface area contributed by atoms with Gasteiger partial charge in [-0.1, -0.05) is 62.3 Å². The molecule has 1 heterocycles. The molecule has 0 saturated heterocycles. The average molecular weight is 532 g/mol. The van der Waals surface area contributed by atoms with Gasteiger partial charge < -0.3 is 9.88 Å². The van der Waals surface area contributed by atoms with Gasteiger partial charge >= 0.3 is 0 Å². The number of thiol groups is 1. The molecule has 0 radical (unpaired) electrons. The Balaban J connectivity index is 1.64. The summed E-state index contributed by atoms with van der Waals surface area (Å²) in [5.74, 6) is -0.256. The van der Waals surface area contributed by atoms with Crippen molar-refractivity contribution < 1.29 is 13.6 Å². The number of nitrogens with one attached hydrogen (secondary N) is 1. The van der Waals surface area contributed by atoms with E-state index in [9.17, 15) is 13.6 Å². The van der Waals surface area contributed by atoms with Crippen LogP contribution in [0.2, 0.25) is 5.02 Å². The molecule has 5 rings (SSSR count). The Labute approximate surface area is 221 Å². The van der Waals surface area contributed by atoms with Crippen LogP contribution in [-0.2, 0) is 4.79 Å². The lowest BCUT2D eigenvalue weighted by molar-refractivity contribution is -0.127. The number of hydrogen-bond donors (Lipinski definition) is 2. The summed E-state index contributed by atoms with van der Waals surface area (Å²) in [6.07, 6.45) is 10.6. The maximum atomic E-state index is 14.5. The molecule has 192 valence electrons. The summed E-state index contributed by atoms with van der Waals surface area (Å²) < 4.78 is 30.0. The molecule has 2 aliphatic carbocycles. The predicted octanol–water partition coefficient (Wildman–Crippen LogP) is 7.56. The SMILES string of the molecule is O=C(NC1CCCCC1)C(C1CCCCC1)n1c(C(S)c2ccc(F)cc2)nc2cc(F)c(Cl)cc21. The van der Waals surface area contributed by atoms with E-state index in [1.54, 1.807) is 18.2 Å². The van der Waals surface area contributed by atoms with E-state index in [1.165, 1.54) is 24.6 Å². The largest absolute Gasteiger partial charge is 0.352 e. The van der Waals surface area contributed by atoms with Gasteiger partial charge in [-0.2, -0.15) is 12.6 Å². The van der Waals surface area contributed by atoms with Crippen molar-refractivity contribution in [2.75, 3.05) is 0 Å². The molecule has 2 aromatic carbocycles. The van der Waals surface area contributed by atoms with Crippen LogP contribution < -0.4 is 5.32 Å². The second kappa shape index (κ2) is 11.1. The Morgan fingerprint density at radius 1 is 1.00 bits per heavy atom. The summed E-state index contributed by atoms with van der Waals surface area (Å²) in [5.41, 5.74) is 1.80. The molecule has 2 atom stereocenters. The van der Waals surface area contributed by atoms with Crippen molar-refractivity contribution in [3.05, 3.63) is 64.4 Å². The van der Waals surface area contributed by atoms with E-state index in [2.05, 4.69) is 5.32 Å². The molecule has 4 nitrogen and oxygen atoms in total. The van der Waals surface area contributed by atoms with Crippen LogP contribution in [0.25, 0.3) is 11.0 Å². The molecular formula is C28H32ClF2N3OS. The highest BCUT2D eigenvalue weighted by molar-refractivity contribution is 7.80. The number of imidazole rings is 1. The summed E-state index contributed by atoms with van der Waals surface area (Å²) in [6, 6.07) is 8.65. The third-order valence-corrected chi connectivity index (χ3v) is 8.60. The lowest BCUT2D eigenvalue weighted by Crippen LogP contribution is -2.44. The molecule has 3 aromatic rings. The maximum Gasteiger partial charge on any atom is 0.243 e. The first-order valence-corrected chi connectivity index (χ1v) is 13.9. The molecule has 2 aliphatic rings. The molecule has 36 heavy (non-hydrogen) atoms. The molecular weight excluding hydrogens is 500 g/mol. The number of nitrogens with zero attached hydrogens (tertiary/aromatic N) is 2. The molecule has 2 fully saturated rings. The zero-order valence-electron chi connectivity index (χ0n) is 20.2. The fourth-order valence-corrected chi connectivity index (χ4v) is 6.43. The maximum absolute atomic E-state index is 14.5. The van der Waals surface area contributed by atoms with Gasteiger partial charge in [0, 0.05) is 12.1 Å². The molecule has 8 heteroatoms. The van der Waals surface area contributed by atoms with Gasteiger partial charge in [0.15, 0.2) is 0 Å². The number of rotatable bonds is 6. The Kier molecular flexibility index (Phi) is 7.87. The molecule has 1 aromatic heterocycles. The summed E-state index contributed by atoms with van der Waals surface area (Å²) in [7, 11) is 0. The van der Waals surface area contributed by atoms with Crippen LogP contribution in [0.5, 0.6) is 0 Å². The number of carbonyl (C=O) groups excluding carboxylic acids is 1. The van der Waals surface area contributed by atoms with Crippen LogP contribution in [-0.4, -0.2) is 21.5 Å². The zero-order valence-corrected chi connectivity index (χ0v) is 21.9. The topological polar surface area (TPSA) is 46.9 Å². The fraction of sp³-hybridized carbons (Fsp3) is 0.500. The first-order valence-electron chi connectivity index (χ1n) is 13.0. The number of aromatic nitrogens is 2. The molecule has 2 saturated carbocycles. The minimum Gasteiger partial charge on any atom is -0.352 e. The first kappa shape index (κ1) is 25.5. The van der Waals surface area contributed by atoms with Gasteiger partial charge in [-0.15, -0.1) is 0 Å². The number of halogens is 3. The van der Waals surface area contributed by atoms with Gasteiger partial charge in [0.05, 0.1) is 21.3 Å². The van der Waals surface area contributed by atoms with Gasteiger partial charge in [0.2, 0.25) is 5.91 Å². The van der Waals surface area contributed by atoms with Gasteiger partial charge in [0.1, 0.15) is 23.5 Å². The molecule has 2 unspecified atom stereocenters. The Morgan fingerprint density at radius 3 is 2.31 bits per heavy atom. The van der Waals surface area contributed by atoms with Crippen LogP contribution in [0.15, 0.2) is 36.4 Å². The van der Waals surface area contributed by atoms with Gasteiger partial charge in [0.25, 0.3) is 0 Å². The zero-order chi connectivity index (χ0) is 25.2. The summed E-state index contributed by atoms with van der Waals surface area (Å²) in [5, 5.41) is 2.79. The highest BCUT2D eigenvalue weighted by Crippen LogP contribution is 2.40. The van der Waals surface area contributed by atoms with E-state index < -0.39 is 17.1 Å². The summed E-state index contributed by atoms with van der Waals surface area (Å²) in [6.45, 7) is 0. The third kappa shape index (κ3) is 5.28. The normalized spacial score (nSPS) is 19.3. The van der Waals surface area contributed by atoms with Crippen LogP contribution in [0.4, 0.5) is 8.78 Å². The highest BCUT2D eigenvalue weighted by Gasteiger charge is 2.36. The Bertz CT molecular complexity index is 1220. The smallest absolute Gasteiger partial charge is 0.243 e. The highest BCUT2D eigenvalue weighted by atomic mass is 35.5. The van der Waals surface area contributed by atoms with E-state index in [1.807, 2.05) is 4.57 Å². The lowest BCUT2D eigenvalue weighted by atomic mass is 9.82. The van der Waals surface area contributed by atoms with E-state index in [0.717, 1.165) is 63.4 Å². The van der Waals surface area contributed by atoms with Crippen molar-refractivity contribution >= 4 is 41.2 Å². The first-order chi connectivity index (χ1) is 17.4. The van der Waals surface area contributed by atoms with Gasteiger partial charge in [-0.05, 0) is 55.4 Å². The second-order valence-corrected chi connectivity index (χ2v) is 11.2. The van der Waals surface area contributed by atoms with E-state index in [-0.39, 0.29) is 28.7 Å². The van der Waals surface area contributed by atoms with Gasteiger partial charge in [-0.25, -0.2) is 13.8 Å². The number of hydrogen-bond acceptors (Lipinski definition) is 3. The number of amides is 1. The Hall–Kier alpha value is -2.12. The molecule has 1 amide bonds. The average Bonchev–Trinajstić information content (AvgIpc) is 3.23. The predicted molar refractivity (Wildman–Crippen MR) is 143 cm³/mol. The van der Waals surface area contributed by atoms with Crippen molar-refractivity contribution in [1.82, 2.24) is 14.9 Å². The number of fused-ring (bicyclic) bond motifs is 1. The Morgan fingerprint density at radius 2 is 1.64 bits per heavy atom. The van der Waals surface area contributed by atoms with Crippen LogP contribution in [0.1, 0.15) is 86.9 Å². The minimum absolute atomic E-state index is 0.0113. The van der Waals surface area contributed by atoms with Crippen molar-refractivity contribution in [2.45, 2.75) is 81.5 Å². The number of carbonyl (C=O) groups is 1. The molecule has 0 aliphatic heterocycles. The van der Waals surface area contributed by atoms with Crippen molar-refractivity contribution in [1.29, 1.82) is 0 Å². The molecule has 1 N–H and O–H groups in total. The second-order valence-electron chi connectivity index (χ2n) is 10.2. The fourth-order valence-electron chi connectivity index (χ4n) is 5.91. The molecule has 0 bridgehead atoms. The van der Waals surface area contributed by atoms with Crippen LogP contribution in [0, 0.1) is 17.6 Å². The third-order valence-electron chi connectivity index (χ3n) is 7.78. The standard InChI is InChI=1S/C28H32ClF2N3OS/c29-21-15-24-23(16-22(21)31)33-27(26(36)18-11-13-19(30)14-12-18)34(24)25(17-7-3-1-4-8-17)28(35)32-20-9-5-2-6-10-20/h11-17,20,25-26,36H,1-10H2,(H,32,35). The van der Waals surface area contributed by atoms with Crippen molar-refractivity contribution in [3.63, 3.8) is 0 Å². The van der Waals surface area contributed by atoms with Crippen molar-refractivity contribution in [3.8, 4) is 0 Å². The number of benzene rings is 2. The van der Waals surface area contributed by atoms with Gasteiger partial charge in [-0.3, -0.25) is 4.79 Å². The molecule has 0 spiro atoms. The van der Waals surface area contributed by atoms with Crippen molar-refractivity contribution in [2.24, 2.45) is 5.92 Å². The summed E-state index contributed by atoms with van der Waals surface area (Å²) >= 11 is 11.1. The monoisotopic (exact) mass is 531 g/mol. The van der Waals surface area contributed by atoms with Crippen LogP contribution >= 0.6 is 24.2 Å². The summed E-state index contributed by atoms with van der Waals surface area (Å²) in [4.78, 5) is 18.8. The van der Waals surface area contributed by atoms with E-state index in [0.29, 0.717) is 16.9 Å². The van der Waals surface area contributed by atoms with E-state index in [4.69, 9.17) is 29.2 Å². The lowest BCUT2D eigenvalue weighted by Gasteiger charge is -2.34. The quantitative estimate of drug-likeness (QED) is 0.322. The van der Waals surface area contributed by atoms with E-state index >= 15 is 0 Å².